The number of methoxy groups -OCH3 is 1. The molecule has 0 saturated carbocycles. The van der Waals surface area contributed by atoms with Crippen LogP contribution in [0, 0.1) is 6.92 Å². The Bertz CT molecular complexity index is 731. The predicted molar refractivity (Wildman–Crippen MR) is 85.3 cm³/mol. The van der Waals surface area contributed by atoms with Gasteiger partial charge in [0.1, 0.15) is 5.75 Å². The van der Waals surface area contributed by atoms with E-state index < -0.39 is 0 Å². The summed E-state index contributed by atoms with van der Waals surface area (Å²) in [6.07, 6.45) is 0. The zero-order chi connectivity index (χ0) is 14.7. The highest BCUT2D eigenvalue weighted by atomic mass is 16.5. The zero-order valence-electron chi connectivity index (χ0n) is 12.2. The first-order valence-corrected chi connectivity index (χ1v) is 6.91. The zero-order valence-corrected chi connectivity index (χ0v) is 12.2. The monoisotopic (exact) mass is 277 g/mol. The van der Waals surface area contributed by atoms with Crippen LogP contribution in [0.1, 0.15) is 5.76 Å². The minimum atomic E-state index is 0.842. The van der Waals surface area contributed by atoms with E-state index in [4.69, 9.17) is 9.15 Å². The first kappa shape index (κ1) is 13.4. The number of benzene rings is 2. The standard InChI is InChI=1S/C19H17O2/c1-14-12-17(15-6-4-3-5-7-15)13-19(21-14)16-8-10-18(20-2)11-9-16/h3-13H,1-2H3/q+1. The molecule has 0 spiro atoms. The minimum absolute atomic E-state index is 0.842. The fraction of sp³-hybridized carbons (Fsp3) is 0.105. The Morgan fingerprint density at radius 1 is 0.762 bits per heavy atom. The Hall–Kier alpha value is -2.61. The van der Waals surface area contributed by atoms with Crippen LogP contribution in [0.4, 0.5) is 0 Å². The van der Waals surface area contributed by atoms with Crippen LogP contribution in [0.15, 0.2) is 71.1 Å². The summed E-state index contributed by atoms with van der Waals surface area (Å²) in [5, 5.41) is 0. The van der Waals surface area contributed by atoms with Crippen molar-refractivity contribution in [2.24, 2.45) is 0 Å². The van der Waals surface area contributed by atoms with Gasteiger partial charge in [-0.05, 0) is 29.8 Å². The molecule has 0 saturated heterocycles. The molecule has 0 unspecified atom stereocenters. The largest absolute Gasteiger partial charge is 0.497 e. The molecule has 2 nitrogen and oxygen atoms in total. The summed E-state index contributed by atoms with van der Waals surface area (Å²) in [6.45, 7) is 1.97. The highest BCUT2D eigenvalue weighted by Crippen LogP contribution is 2.29. The predicted octanol–water partition coefficient (Wildman–Crippen LogP) is 5.21. The average molecular weight is 277 g/mol. The van der Waals surface area contributed by atoms with Gasteiger partial charge in [0.05, 0.1) is 25.7 Å². The second kappa shape index (κ2) is 5.80. The van der Waals surface area contributed by atoms with Crippen LogP contribution in [0.25, 0.3) is 22.5 Å². The first-order valence-electron chi connectivity index (χ1n) is 6.91. The lowest BCUT2D eigenvalue weighted by molar-refractivity contribution is 0.415. The Kier molecular flexibility index (Phi) is 3.69. The third-order valence-electron chi connectivity index (χ3n) is 3.40. The molecule has 0 aliphatic carbocycles. The number of rotatable bonds is 3. The van der Waals surface area contributed by atoms with Crippen molar-refractivity contribution in [3.8, 4) is 28.2 Å². The lowest BCUT2D eigenvalue weighted by Gasteiger charge is -2.01. The summed E-state index contributed by atoms with van der Waals surface area (Å²) < 4.78 is 11.0. The summed E-state index contributed by atoms with van der Waals surface area (Å²) in [4.78, 5) is 0. The van der Waals surface area contributed by atoms with E-state index >= 15 is 0 Å². The molecule has 0 radical (unpaired) electrons. The van der Waals surface area contributed by atoms with Crippen LogP contribution in [-0.4, -0.2) is 7.11 Å². The molecule has 1 heterocycles. The summed E-state index contributed by atoms with van der Waals surface area (Å²) in [5.74, 6) is 2.59. The number of hydrogen-bond donors (Lipinski definition) is 0. The van der Waals surface area contributed by atoms with E-state index in [9.17, 15) is 0 Å². The molecule has 0 aliphatic heterocycles. The van der Waals surface area contributed by atoms with Crippen molar-refractivity contribution < 1.29 is 9.15 Å². The second-order valence-corrected chi connectivity index (χ2v) is 4.92. The highest BCUT2D eigenvalue weighted by Gasteiger charge is 2.16. The molecule has 104 valence electrons. The fourth-order valence-corrected chi connectivity index (χ4v) is 2.33. The van der Waals surface area contributed by atoms with Crippen molar-refractivity contribution in [1.29, 1.82) is 0 Å². The average Bonchev–Trinajstić information content (AvgIpc) is 2.55. The van der Waals surface area contributed by atoms with Gasteiger partial charge in [0.25, 0.3) is 0 Å². The maximum atomic E-state index is 5.86. The molecule has 1 aromatic heterocycles. The Labute approximate surface area is 124 Å². The van der Waals surface area contributed by atoms with Gasteiger partial charge in [-0.15, -0.1) is 0 Å². The third kappa shape index (κ3) is 2.95. The molecule has 0 N–H and O–H groups in total. The smallest absolute Gasteiger partial charge is 0.360 e. The summed E-state index contributed by atoms with van der Waals surface area (Å²) in [7, 11) is 1.67. The maximum absolute atomic E-state index is 5.86. The van der Waals surface area contributed by atoms with Crippen LogP contribution in [-0.2, 0) is 0 Å². The van der Waals surface area contributed by atoms with Crippen LogP contribution < -0.4 is 4.74 Å². The highest BCUT2D eigenvalue weighted by molar-refractivity contribution is 5.69. The molecule has 21 heavy (non-hydrogen) atoms. The lowest BCUT2D eigenvalue weighted by Crippen LogP contribution is -1.86. The molecule has 0 bridgehead atoms. The van der Waals surface area contributed by atoms with Crippen LogP contribution in [0.2, 0.25) is 0 Å². The van der Waals surface area contributed by atoms with Gasteiger partial charge in [-0.2, -0.15) is 0 Å². The fourth-order valence-electron chi connectivity index (χ4n) is 2.33. The van der Waals surface area contributed by atoms with Crippen LogP contribution in [0.3, 0.4) is 0 Å². The number of aryl methyl sites for hydroxylation is 1. The van der Waals surface area contributed by atoms with Crippen LogP contribution in [0.5, 0.6) is 5.75 Å². The van der Waals surface area contributed by atoms with Gasteiger partial charge in [-0.3, -0.25) is 0 Å². The van der Waals surface area contributed by atoms with Gasteiger partial charge in [0.15, 0.2) is 0 Å². The van der Waals surface area contributed by atoms with Gasteiger partial charge in [0.2, 0.25) is 0 Å². The molecule has 0 fully saturated rings. The normalized spacial score (nSPS) is 10.4. The summed E-state index contributed by atoms with van der Waals surface area (Å²) >= 11 is 0. The molecule has 2 aromatic carbocycles. The molecule has 2 heteroatoms. The van der Waals surface area contributed by atoms with Crippen molar-refractivity contribution >= 4 is 0 Å². The molecule has 0 atom stereocenters. The van der Waals surface area contributed by atoms with Gasteiger partial charge < -0.3 is 4.74 Å². The molecular formula is C19H17O2+. The summed E-state index contributed by atoms with van der Waals surface area (Å²) in [5.41, 5.74) is 3.38. The Morgan fingerprint density at radius 3 is 2.14 bits per heavy atom. The second-order valence-electron chi connectivity index (χ2n) is 4.92. The Balaban J connectivity index is 2.05. The third-order valence-corrected chi connectivity index (χ3v) is 3.40. The molecular weight excluding hydrogens is 260 g/mol. The topological polar surface area (TPSA) is 20.5 Å². The van der Waals surface area contributed by atoms with Gasteiger partial charge in [-0.25, -0.2) is 4.42 Å². The van der Waals surface area contributed by atoms with E-state index in [0.717, 1.165) is 28.4 Å². The first-order chi connectivity index (χ1) is 10.3. The van der Waals surface area contributed by atoms with Gasteiger partial charge in [0, 0.05) is 11.6 Å². The van der Waals surface area contributed by atoms with E-state index in [1.807, 2.05) is 49.4 Å². The molecule has 0 aliphatic rings. The molecule has 3 rings (SSSR count). The van der Waals surface area contributed by atoms with E-state index in [1.165, 1.54) is 5.56 Å². The van der Waals surface area contributed by atoms with Crippen molar-refractivity contribution in [2.45, 2.75) is 6.92 Å². The van der Waals surface area contributed by atoms with E-state index in [0.29, 0.717) is 0 Å². The van der Waals surface area contributed by atoms with Crippen molar-refractivity contribution in [3.63, 3.8) is 0 Å². The van der Waals surface area contributed by atoms with Crippen molar-refractivity contribution in [1.82, 2.24) is 0 Å². The lowest BCUT2D eigenvalue weighted by atomic mass is 10.0. The molecule has 0 amide bonds. The van der Waals surface area contributed by atoms with Gasteiger partial charge >= 0.3 is 11.5 Å². The maximum Gasteiger partial charge on any atom is 0.360 e. The number of hydrogen-bond acceptors (Lipinski definition) is 1. The van der Waals surface area contributed by atoms with E-state index in [2.05, 4.69) is 24.3 Å². The number of ether oxygens (including phenoxy) is 1. The van der Waals surface area contributed by atoms with Crippen molar-refractivity contribution in [3.05, 3.63) is 72.5 Å². The quantitative estimate of drug-likeness (QED) is 0.612. The Morgan fingerprint density at radius 2 is 1.48 bits per heavy atom. The van der Waals surface area contributed by atoms with Crippen molar-refractivity contribution in [2.75, 3.05) is 7.11 Å². The summed E-state index contributed by atoms with van der Waals surface area (Å²) in [6, 6.07) is 22.3. The van der Waals surface area contributed by atoms with E-state index in [-0.39, 0.29) is 0 Å². The SMILES string of the molecule is COc1ccc(-c2cc(-c3ccccc3)cc(C)[o+]2)cc1. The van der Waals surface area contributed by atoms with E-state index in [1.54, 1.807) is 7.11 Å². The minimum Gasteiger partial charge on any atom is -0.497 e. The van der Waals surface area contributed by atoms with Gasteiger partial charge in [-0.1, -0.05) is 30.3 Å². The molecule has 3 aromatic rings. The van der Waals surface area contributed by atoms with Crippen LogP contribution >= 0.6 is 0 Å².